The highest BCUT2D eigenvalue weighted by molar-refractivity contribution is 5.79. The minimum atomic E-state index is -0.937. The van der Waals surface area contributed by atoms with Gasteiger partial charge < -0.3 is 14.7 Å². The standard InChI is InChI=1S/C16H20F2N2O4/c1-19(10-16(22)23)8-13-9-20(4-5-24-13)15(21)6-11-2-3-12(17)7-14(11)18/h2-3,7,13H,4-6,8-10H2,1H3,(H,22,23). The minimum Gasteiger partial charge on any atom is -0.480 e. The van der Waals surface area contributed by atoms with E-state index in [2.05, 4.69) is 0 Å². The lowest BCUT2D eigenvalue weighted by molar-refractivity contribution is -0.142. The zero-order valence-corrected chi connectivity index (χ0v) is 13.4. The molecule has 24 heavy (non-hydrogen) atoms. The fourth-order valence-electron chi connectivity index (χ4n) is 2.64. The number of hydrogen-bond donors (Lipinski definition) is 1. The predicted molar refractivity (Wildman–Crippen MR) is 81.5 cm³/mol. The molecule has 1 fully saturated rings. The van der Waals surface area contributed by atoms with Crippen LogP contribution in [0.2, 0.25) is 0 Å². The largest absolute Gasteiger partial charge is 0.480 e. The van der Waals surface area contributed by atoms with Gasteiger partial charge in [-0.25, -0.2) is 8.78 Å². The van der Waals surface area contributed by atoms with Crippen molar-refractivity contribution in [2.75, 3.05) is 39.8 Å². The Hall–Kier alpha value is -2.06. The summed E-state index contributed by atoms with van der Waals surface area (Å²) in [4.78, 5) is 26.1. The van der Waals surface area contributed by atoms with E-state index >= 15 is 0 Å². The molecule has 1 unspecified atom stereocenters. The van der Waals surface area contributed by atoms with Gasteiger partial charge in [0.1, 0.15) is 11.6 Å². The molecule has 0 spiro atoms. The van der Waals surface area contributed by atoms with Crippen molar-refractivity contribution in [1.29, 1.82) is 0 Å². The molecule has 1 aliphatic heterocycles. The van der Waals surface area contributed by atoms with Crippen molar-refractivity contribution < 1.29 is 28.2 Å². The highest BCUT2D eigenvalue weighted by atomic mass is 19.1. The number of rotatable bonds is 6. The number of hydrogen-bond acceptors (Lipinski definition) is 4. The smallest absolute Gasteiger partial charge is 0.317 e. The van der Waals surface area contributed by atoms with E-state index in [1.165, 1.54) is 6.07 Å². The van der Waals surface area contributed by atoms with Crippen molar-refractivity contribution >= 4 is 11.9 Å². The Bertz CT molecular complexity index is 612. The van der Waals surface area contributed by atoms with Crippen LogP contribution in [0.15, 0.2) is 18.2 Å². The Morgan fingerprint density at radius 3 is 2.83 bits per heavy atom. The summed E-state index contributed by atoms with van der Waals surface area (Å²) in [6.45, 7) is 1.30. The number of likely N-dealkylation sites (N-methyl/N-ethyl adjacent to an activating group) is 1. The molecule has 1 heterocycles. The number of aliphatic carboxylic acids is 1. The Kier molecular flexibility index (Phi) is 6.22. The maximum Gasteiger partial charge on any atom is 0.317 e. The van der Waals surface area contributed by atoms with Gasteiger partial charge in [-0.2, -0.15) is 0 Å². The summed E-state index contributed by atoms with van der Waals surface area (Å²) in [6, 6.07) is 3.14. The molecule has 8 heteroatoms. The quantitative estimate of drug-likeness (QED) is 0.826. The molecule has 0 aromatic heterocycles. The van der Waals surface area contributed by atoms with E-state index in [4.69, 9.17) is 9.84 Å². The maximum absolute atomic E-state index is 13.7. The second-order valence-electron chi connectivity index (χ2n) is 5.84. The maximum atomic E-state index is 13.7. The molecule has 1 amide bonds. The van der Waals surface area contributed by atoms with Crippen LogP contribution in [-0.2, 0) is 20.7 Å². The van der Waals surface area contributed by atoms with Crippen LogP contribution >= 0.6 is 0 Å². The number of amides is 1. The van der Waals surface area contributed by atoms with E-state index in [0.29, 0.717) is 26.2 Å². The highest BCUT2D eigenvalue weighted by Crippen LogP contribution is 2.13. The van der Waals surface area contributed by atoms with E-state index in [0.717, 1.165) is 12.1 Å². The molecule has 1 saturated heterocycles. The summed E-state index contributed by atoms with van der Waals surface area (Å²) in [5.41, 5.74) is 0.146. The number of carboxylic acids is 1. The van der Waals surface area contributed by atoms with Crippen molar-refractivity contribution in [2.45, 2.75) is 12.5 Å². The first-order chi connectivity index (χ1) is 11.3. The van der Waals surface area contributed by atoms with Gasteiger partial charge >= 0.3 is 5.97 Å². The van der Waals surface area contributed by atoms with Gasteiger partial charge in [0.2, 0.25) is 5.91 Å². The molecule has 1 N–H and O–H groups in total. The lowest BCUT2D eigenvalue weighted by atomic mass is 10.1. The summed E-state index contributed by atoms with van der Waals surface area (Å²) in [7, 11) is 1.66. The van der Waals surface area contributed by atoms with Crippen LogP contribution in [0.1, 0.15) is 5.56 Å². The van der Waals surface area contributed by atoms with Crippen molar-refractivity contribution in [2.24, 2.45) is 0 Å². The minimum absolute atomic E-state index is 0.116. The number of carbonyl (C=O) groups excluding carboxylic acids is 1. The first-order valence-electron chi connectivity index (χ1n) is 7.59. The Balaban J connectivity index is 1.91. The van der Waals surface area contributed by atoms with Crippen LogP contribution in [0, 0.1) is 11.6 Å². The van der Waals surface area contributed by atoms with E-state index in [1.807, 2.05) is 0 Å². The van der Waals surface area contributed by atoms with Crippen LogP contribution in [0.3, 0.4) is 0 Å². The van der Waals surface area contributed by atoms with Crippen molar-refractivity contribution in [3.05, 3.63) is 35.4 Å². The van der Waals surface area contributed by atoms with Crippen LogP contribution in [0.4, 0.5) is 8.78 Å². The topological polar surface area (TPSA) is 70.1 Å². The van der Waals surface area contributed by atoms with E-state index in [9.17, 15) is 18.4 Å². The second-order valence-corrected chi connectivity index (χ2v) is 5.84. The second kappa shape index (κ2) is 8.16. The first kappa shape index (κ1) is 18.3. The lowest BCUT2D eigenvalue weighted by Crippen LogP contribution is -2.50. The van der Waals surface area contributed by atoms with Crippen molar-refractivity contribution in [1.82, 2.24) is 9.80 Å². The van der Waals surface area contributed by atoms with Gasteiger partial charge in [-0.1, -0.05) is 6.07 Å². The number of nitrogens with zero attached hydrogens (tertiary/aromatic N) is 2. The van der Waals surface area contributed by atoms with Gasteiger partial charge in [0.15, 0.2) is 0 Å². The number of benzene rings is 1. The monoisotopic (exact) mass is 342 g/mol. The van der Waals surface area contributed by atoms with Gasteiger partial charge in [-0.3, -0.25) is 14.5 Å². The van der Waals surface area contributed by atoms with Gasteiger partial charge in [0.05, 0.1) is 25.7 Å². The summed E-state index contributed by atoms with van der Waals surface area (Å²) >= 11 is 0. The SMILES string of the molecule is CN(CC(=O)O)CC1CN(C(=O)Cc2ccc(F)cc2F)CCO1. The molecular formula is C16H20F2N2O4. The molecule has 0 bridgehead atoms. The highest BCUT2D eigenvalue weighted by Gasteiger charge is 2.26. The average molecular weight is 342 g/mol. The third kappa shape index (κ3) is 5.24. The third-order valence-electron chi connectivity index (χ3n) is 3.77. The van der Waals surface area contributed by atoms with Gasteiger partial charge in [-0.15, -0.1) is 0 Å². The molecule has 6 nitrogen and oxygen atoms in total. The molecule has 0 radical (unpaired) electrons. The Morgan fingerprint density at radius 1 is 1.42 bits per heavy atom. The van der Waals surface area contributed by atoms with Crippen LogP contribution in [-0.4, -0.2) is 72.7 Å². The molecule has 1 aromatic carbocycles. The van der Waals surface area contributed by atoms with Gasteiger partial charge in [0.25, 0.3) is 0 Å². The molecule has 132 valence electrons. The molecular weight excluding hydrogens is 322 g/mol. The van der Waals surface area contributed by atoms with E-state index in [1.54, 1.807) is 16.8 Å². The van der Waals surface area contributed by atoms with Gasteiger partial charge in [0, 0.05) is 25.7 Å². The first-order valence-corrected chi connectivity index (χ1v) is 7.59. The van der Waals surface area contributed by atoms with E-state index < -0.39 is 17.6 Å². The molecule has 0 saturated carbocycles. The predicted octanol–water partition coefficient (Wildman–Crippen LogP) is 0.751. The summed E-state index contributed by atoms with van der Waals surface area (Å²) in [5.74, 6) is -2.63. The lowest BCUT2D eigenvalue weighted by Gasteiger charge is -2.34. The fraction of sp³-hybridized carbons (Fsp3) is 0.500. The van der Waals surface area contributed by atoms with Crippen LogP contribution in [0.5, 0.6) is 0 Å². The zero-order valence-electron chi connectivity index (χ0n) is 13.4. The molecule has 2 rings (SSSR count). The Morgan fingerprint density at radius 2 is 2.17 bits per heavy atom. The molecule has 1 aliphatic rings. The number of halogens is 2. The summed E-state index contributed by atoms with van der Waals surface area (Å²) < 4.78 is 32.1. The number of morpholine rings is 1. The number of carboxylic acid groups (broad SMARTS) is 1. The van der Waals surface area contributed by atoms with Crippen molar-refractivity contribution in [3.8, 4) is 0 Å². The number of carbonyl (C=O) groups is 2. The normalized spacial score (nSPS) is 18.0. The number of ether oxygens (including phenoxy) is 1. The summed E-state index contributed by atoms with van der Waals surface area (Å²) in [5, 5.41) is 8.75. The third-order valence-corrected chi connectivity index (χ3v) is 3.77. The van der Waals surface area contributed by atoms with Crippen LogP contribution in [0.25, 0.3) is 0 Å². The summed E-state index contributed by atoms with van der Waals surface area (Å²) in [6.07, 6.45) is -0.450. The molecule has 0 aliphatic carbocycles. The fourth-order valence-corrected chi connectivity index (χ4v) is 2.64. The molecule has 1 atom stereocenters. The molecule has 1 aromatic rings. The van der Waals surface area contributed by atoms with E-state index in [-0.39, 0.29) is 30.5 Å². The van der Waals surface area contributed by atoms with Crippen molar-refractivity contribution in [3.63, 3.8) is 0 Å². The zero-order chi connectivity index (χ0) is 17.7. The Labute approximate surface area is 138 Å². The average Bonchev–Trinajstić information content (AvgIpc) is 2.49. The van der Waals surface area contributed by atoms with Crippen LogP contribution < -0.4 is 0 Å². The van der Waals surface area contributed by atoms with Gasteiger partial charge in [-0.05, 0) is 18.7 Å².